The first-order valence-corrected chi connectivity index (χ1v) is 6.61. The molecule has 104 valence electrons. The minimum atomic E-state index is 0.134. The molecule has 0 saturated heterocycles. The zero-order chi connectivity index (χ0) is 14.4. The van der Waals surface area contributed by atoms with Gasteiger partial charge in [-0.25, -0.2) is 0 Å². The molecule has 0 aliphatic heterocycles. The molecule has 3 N–H and O–H groups in total. The third kappa shape index (κ3) is 3.29. The van der Waals surface area contributed by atoms with Gasteiger partial charge in [0.1, 0.15) is 0 Å². The molecule has 0 spiro atoms. The summed E-state index contributed by atoms with van der Waals surface area (Å²) in [5.41, 5.74) is 8.66. The van der Waals surface area contributed by atoms with E-state index in [1.54, 1.807) is 0 Å². The molecule has 0 aliphatic rings. The summed E-state index contributed by atoms with van der Waals surface area (Å²) in [6.07, 6.45) is 0. The molecule has 0 heterocycles. The Balaban J connectivity index is 2.20. The average Bonchev–Trinajstić information content (AvgIpc) is 2.53. The van der Waals surface area contributed by atoms with Crippen molar-refractivity contribution in [1.29, 1.82) is 0 Å². The molecule has 2 rings (SSSR count). The first kappa shape index (κ1) is 13.9. The minimum Gasteiger partial charge on any atom is -0.409 e. The fourth-order valence-corrected chi connectivity index (χ4v) is 2.13. The second kappa shape index (κ2) is 6.61. The molecule has 0 atom stereocenters. The van der Waals surface area contributed by atoms with E-state index in [1.165, 1.54) is 5.69 Å². The summed E-state index contributed by atoms with van der Waals surface area (Å²) >= 11 is 0. The van der Waals surface area contributed by atoms with Crippen molar-refractivity contribution in [3.8, 4) is 0 Å². The van der Waals surface area contributed by atoms with Crippen molar-refractivity contribution in [3.63, 3.8) is 0 Å². The quantitative estimate of drug-likeness (QED) is 0.380. The lowest BCUT2D eigenvalue weighted by Gasteiger charge is -2.23. The molecule has 0 radical (unpaired) electrons. The summed E-state index contributed by atoms with van der Waals surface area (Å²) in [7, 11) is 0. The van der Waals surface area contributed by atoms with E-state index in [-0.39, 0.29) is 5.84 Å². The highest BCUT2D eigenvalue weighted by atomic mass is 16.4. The van der Waals surface area contributed by atoms with Gasteiger partial charge in [0.05, 0.1) is 0 Å². The van der Waals surface area contributed by atoms with Crippen molar-refractivity contribution in [3.05, 3.63) is 65.7 Å². The largest absolute Gasteiger partial charge is 0.409 e. The second-order valence-electron chi connectivity index (χ2n) is 4.54. The van der Waals surface area contributed by atoms with Gasteiger partial charge in [-0.05, 0) is 30.7 Å². The summed E-state index contributed by atoms with van der Waals surface area (Å²) in [6, 6.07) is 18.0. The number of rotatable bonds is 5. The highest BCUT2D eigenvalue weighted by molar-refractivity contribution is 5.97. The molecular formula is C16H19N3O. The third-order valence-corrected chi connectivity index (χ3v) is 3.21. The highest BCUT2D eigenvalue weighted by Gasteiger charge is 2.06. The van der Waals surface area contributed by atoms with Gasteiger partial charge in [-0.15, -0.1) is 0 Å². The lowest BCUT2D eigenvalue weighted by Crippen LogP contribution is -2.22. The average molecular weight is 269 g/mol. The van der Waals surface area contributed by atoms with Gasteiger partial charge in [-0.3, -0.25) is 0 Å². The molecular weight excluding hydrogens is 250 g/mol. The van der Waals surface area contributed by atoms with Crippen molar-refractivity contribution >= 4 is 11.5 Å². The van der Waals surface area contributed by atoms with Crippen LogP contribution in [0.2, 0.25) is 0 Å². The summed E-state index contributed by atoms with van der Waals surface area (Å²) in [5.74, 6) is 0.134. The van der Waals surface area contributed by atoms with E-state index < -0.39 is 0 Å². The van der Waals surface area contributed by atoms with Crippen LogP contribution in [0.25, 0.3) is 0 Å². The van der Waals surface area contributed by atoms with Crippen LogP contribution >= 0.6 is 0 Å². The molecule has 0 aromatic heterocycles. The zero-order valence-corrected chi connectivity index (χ0v) is 11.5. The molecule has 0 aliphatic carbocycles. The molecule has 2 aromatic rings. The van der Waals surface area contributed by atoms with Crippen LogP contribution in [0.1, 0.15) is 18.1 Å². The Morgan fingerprint density at radius 3 is 2.55 bits per heavy atom. The normalized spacial score (nSPS) is 11.3. The molecule has 0 amide bonds. The van der Waals surface area contributed by atoms with E-state index in [9.17, 15) is 0 Å². The number of para-hydroxylation sites is 1. The zero-order valence-electron chi connectivity index (χ0n) is 11.5. The Hall–Kier alpha value is -2.49. The van der Waals surface area contributed by atoms with Crippen molar-refractivity contribution in [2.75, 3.05) is 11.4 Å². The lowest BCUT2D eigenvalue weighted by atomic mass is 10.1. The molecule has 20 heavy (non-hydrogen) atoms. The van der Waals surface area contributed by atoms with Crippen molar-refractivity contribution in [2.24, 2.45) is 10.9 Å². The van der Waals surface area contributed by atoms with Gasteiger partial charge in [0.2, 0.25) is 0 Å². The van der Waals surface area contributed by atoms with E-state index in [4.69, 9.17) is 10.9 Å². The first-order valence-electron chi connectivity index (χ1n) is 6.61. The summed E-state index contributed by atoms with van der Waals surface area (Å²) in [4.78, 5) is 2.27. The minimum absolute atomic E-state index is 0.134. The molecule has 4 nitrogen and oxygen atoms in total. The first-order chi connectivity index (χ1) is 9.74. The Morgan fingerprint density at radius 2 is 1.90 bits per heavy atom. The molecule has 0 unspecified atom stereocenters. The van der Waals surface area contributed by atoms with Gasteiger partial charge in [0, 0.05) is 24.3 Å². The smallest absolute Gasteiger partial charge is 0.170 e. The number of hydrogen-bond acceptors (Lipinski definition) is 3. The molecule has 2 aromatic carbocycles. The number of nitrogens with two attached hydrogens (primary N) is 1. The molecule has 4 heteroatoms. The van der Waals surface area contributed by atoms with E-state index in [2.05, 4.69) is 29.1 Å². The van der Waals surface area contributed by atoms with E-state index in [1.807, 2.05) is 42.5 Å². The van der Waals surface area contributed by atoms with Gasteiger partial charge >= 0.3 is 0 Å². The third-order valence-electron chi connectivity index (χ3n) is 3.21. The van der Waals surface area contributed by atoms with Gasteiger partial charge in [-0.2, -0.15) is 0 Å². The van der Waals surface area contributed by atoms with Gasteiger partial charge in [0.25, 0.3) is 0 Å². The molecule has 0 fully saturated rings. The standard InChI is InChI=1S/C16H19N3O/c1-2-19(15-9-4-3-5-10-15)12-13-7-6-8-14(11-13)16(17)18-20/h3-11,20H,2,12H2,1H3,(H2,17,18). The van der Waals surface area contributed by atoms with Crippen LogP contribution in [-0.2, 0) is 6.54 Å². The summed E-state index contributed by atoms with van der Waals surface area (Å²) in [5, 5.41) is 11.8. The lowest BCUT2D eigenvalue weighted by molar-refractivity contribution is 0.318. The maximum atomic E-state index is 8.74. The maximum Gasteiger partial charge on any atom is 0.170 e. The van der Waals surface area contributed by atoms with Crippen LogP contribution in [0.3, 0.4) is 0 Å². The van der Waals surface area contributed by atoms with Gasteiger partial charge in [0.15, 0.2) is 5.84 Å². The van der Waals surface area contributed by atoms with Crippen LogP contribution in [0.15, 0.2) is 59.8 Å². The Morgan fingerprint density at radius 1 is 1.15 bits per heavy atom. The summed E-state index contributed by atoms with van der Waals surface area (Å²) in [6.45, 7) is 3.82. The number of oxime groups is 1. The topological polar surface area (TPSA) is 61.8 Å². The van der Waals surface area contributed by atoms with Crippen LogP contribution in [0, 0.1) is 0 Å². The van der Waals surface area contributed by atoms with E-state index in [0.29, 0.717) is 0 Å². The monoisotopic (exact) mass is 269 g/mol. The fraction of sp³-hybridized carbons (Fsp3) is 0.188. The van der Waals surface area contributed by atoms with Gasteiger partial charge < -0.3 is 15.8 Å². The predicted molar refractivity (Wildman–Crippen MR) is 82.1 cm³/mol. The fourth-order valence-electron chi connectivity index (χ4n) is 2.13. The number of nitrogens with zero attached hydrogens (tertiary/aromatic N) is 2. The van der Waals surface area contributed by atoms with E-state index in [0.717, 1.165) is 24.2 Å². The van der Waals surface area contributed by atoms with Crippen LogP contribution in [0.4, 0.5) is 5.69 Å². The Kier molecular flexibility index (Phi) is 4.60. The number of benzene rings is 2. The van der Waals surface area contributed by atoms with Crippen molar-refractivity contribution < 1.29 is 5.21 Å². The van der Waals surface area contributed by atoms with Gasteiger partial charge in [-0.1, -0.05) is 41.6 Å². The molecule has 0 saturated carbocycles. The van der Waals surface area contributed by atoms with Crippen molar-refractivity contribution in [1.82, 2.24) is 0 Å². The van der Waals surface area contributed by atoms with Crippen LogP contribution in [0.5, 0.6) is 0 Å². The van der Waals surface area contributed by atoms with Crippen molar-refractivity contribution in [2.45, 2.75) is 13.5 Å². The predicted octanol–water partition coefficient (Wildman–Crippen LogP) is 2.81. The number of anilines is 1. The maximum absolute atomic E-state index is 8.74. The van der Waals surface area contributed by atoms with E-state index >= 15 is 0 Å². The summed E-state index contributed by atoms with van der Waals surface area (Å²) < 4.78 is 0. The Labute approximate surface area is 119 Å². The molecule has 0 bridgehead atoms. The van der Waals surface area contributed by atoms with Crippen LogP contribution < -0.4 is 10.6 Å². The SMILES string of the molecule is CCN(Cc1cccc(/C(N)=N/O)c1)c1ccccc1. The highest BCUT2D eigenvalue weighted by Crippen LogP contribution is 2.17. The number of hydrogen-bond donors (Lipinski definition) is 2. The Bertz CT molecular complexity index is 581. The number of amidine groups is 1. The second-order valence-corrected chi connectivity index (χ2v) is 4.54. The van der Waals surface area contributed by atoms with Crippen LogP contribution in [-0.4, -0.2) is 17.6 Å².